The molecule has 22 heavy (non-hydrogen) atoms. The van der Waals surface area contributed by atoms with E-state index < -0.39 is 0 Å². The van der Waals surface area contributed by atoms with Crippen LogP contribution in [0.25, 0.3) is 22.0 Å². The molecule has 3 rings (SSSR count). The number of H-pyrrole nitrogens is 1. The summed E-state index contributed by atoms with van der Waals surface area (Å²) in [5, 5.41) is 1.93. The maximum absolute atomic E-state index is 12.3. The molecule has 0 unspecified atom stereocenters. The van der Waals surface area contributed by atoms with Gasteiger partial charge in [0.2, 0.25) is 0 Å². The van der Waals surface area contributed by atoms with Gasteiger partial charge in [-0.2, -0.15) is 0 Å². The molecule has 2 aromatic carbocycles. The normalized spacial score (nSPS) is 10.8. The number of pyridine rings is 1. The highest BCUT2D eigenvalue weighted by Gasteiger charge is 2.06. The Labute approximate surface area is 137 Å². The van der Waals surface area contributed by atoms with Crippen molar-refractivity contribution < 1.29 is 4.74 Å². The minimum atomic E-state index is -0.0868. The van der Waals surface area contributed by atoms with E-state index in [9.17, 15) is 4.79 Å². The Morgan fingerprint density at radius 3 is 2.77 bits per heavy atom. The van der Waals surface area contributed by atoms with Gasteiger partial charge in [-0.25, -0.2) is 0 Å². The highest BCUT2D eigenvalue weighted by Crippen LogP contribution is 2.23. The molecule has 4 heteroatoms. The maximum Gasteiger partial charge on any atom is 0.256 e. The summed E-state index contributed by atoms with van der Waals surface area (Å²) in [6.07, 6.45) is 0.945. The predicted molar refractivity (Wildman–Crippen MR) is 93.9 cm³/mol. The lowest BCUT2D eigenvalue weighted by Gasteiger charge is -2.08. The molecule has 0 aliphatic heterocycles. The van der Waals surface area contributed by atoms with Crippen LogP contribution in [-0.4, -0.2) is 16.9 Å². The lowest BCUT2D eigenvalue weighted by Crippen LogP contribution is -2.08. The first kappa shape index (κ1) is 14.9. The Morgan fingerprint density at radius 2 is 1.91 bits per heavy atom. The molecule has 3 nitrogen and oxygen atoms in total. The second-order valence-electron chi connectivity index (χ2n) is 5.02. The second-order valence-corrected chi connectivity index (χ2v) is 5.81. The molecule has 0 amide bonds. The SMILES string of the molecule is O=c1[nH]c2ccccc2cc1-c1cccc(OCCCBr)c1. The van der Waals surface area contributed by atoms with Crippen LogP contribution in [0.15, 0.2) is 59.4 Å². The number of alkyl halides is 1. The molecule has 112 valence electrons. The first-order chi connectivity index (χ1) is 10.8. The van der Waals surface area contributed by atoms with Crippen LogP contribution >= 0.6 is 15.9 Å². The Hall–Kier alpha value is -2.07. The third kappa shape index (κ3) is 3.22. The smallest absolute Gasteiger partial charge is 0.256 e. The van der Waals surface area contributed by atoms with Gasteiger partial charge < -0.3 is 9.72 Å². The number of benzene rings is 2. The van der Waals surface area contributed by atoms with Gasteiger partial charge in [0.25, 0.3) is 5.56 Å². The quantitative estimate of drug-likeness (QED) is 0.544. The maximum atomic E-state index is 12.3. The van der Waals surface area contributed by atoms with E-state index in [1.165, 1.54) is 0 Å². The number of aromatic nitrogens is 1. The molecule has 3 aromatic rings. The average molecular weight is 358 g/mol. The fraction of sp³-hybridized carbons (Fsp3) is 0.167. The largest absolute Gasteiger partial charge is 0.494 e. The summed E-state index contributed by atoms with van der Waals surface area (Å²) in [6.45, 7) is 0.656. The molecule has 0 spiro atoms. The van der Waals surface area contributed by atoms with E-state index in [1.807, 2.05) is 54.6 Å². The van der Waals surface area contributed by atoms with Crippen molar-refractivity contribution in [3.05, 3.63) is 65.0 Å². The molecule has 0 bridgehead atoms. The Bertz CT molecular complexity index is 842. The molecule has 0 aliphatic carbocycles. The number of rotatable bonds is 5. The van der Waals surface area contributed by atoms with E-state index in [-0.39, 0.29) is 5.56 Å². The Balaban J connectivity index is 1.98. The van der Waals surface area contributed by atoms with Crippen LogP contribution in [0.5, 0.6) is 5.75 Å². The molecule has 0 saturated carbocycles. The van der Waals surface area contributed by atoms with Crippen molar-refractivity contribution in [1.29, 1.82) is 0 Å². The lowest BCUT2D eigenvalue weighted by atomic mass is 10.0. The van der Waals surface area contributed by atoms with Crippen molar-refractivity contribution in [3.8, 4) is 16.9 Å². The number of para-hydroxylation sites is 1. The fourth-order valence-corrected chi connectivity index (χ4v) is 2.59. The summed E-state index contributed by atoms with van der Waals surface area (Å²) in [5.74, 6) is 0.783. The minimum absolute atomic E-state index is 0.0868. The molecule has 1 aromatic heterocycles. The third-order valence-corrected chi connectivity index (χ3v) is 4.01. The summed E-state index contributed by atoms with van der Waals surface area (Å²) < 4.78 is 5.69. The van der Waals surface area contributed by atoms with E-state index in [0.717, 1.165) is 34.0 Å². The van der Waals surface area contributed by atoms with Gasteiger partial charge in [0.05, 0.1) is 6.61 Å². The van der Waals surface area contributed by atoms with Gasteiger partial charge in [0.1, 0.15) is 5.75 Å². The van der Waals surface area contributed by atoms with E-state index in [2.05, 4.69) is 20.9 Å². The number of ether oxygens (including phenoxy) is 1. The van der Waals surface area contributed by atoms with Gasteiger partial charge in [-0.1, -0.05) is 46.3 Å². The summed E-state index contributed by atoms with van der Waals surface area (Å²) >= 11 is 3.38. The average Bonchev–Trinajstić information content (AvgIpc) is 2.55. The van der Waals surface area contributed by atoms with Crippen LogP contribution in [0.4, 0.5) is 0 Å². The standard InChI is InChI=1S/C18H16BrNO2/c19-9-4-10-22-15-7-3-6-13(11-15)16-12-14-5-1-2-8-17(14)20-18(16)21/h1-3,5-8,11-12H,4,9-10H2,(H,20,21). The zero-order chi connectivity index (χ0) is 15.4. The third-order valence-electron chi connectivity index (χ3n) is 3.45. The fourth-order valence-electron chi connectivity index (χ4n) is 2.36. The summed E-state index contributed by atoms with van der Waals surface area (Å²) in [6, 6.07) is 17.3. The zero-order valence-corrected chi connectivity index (χ0v) is 13.6. The molecular weight excluding hydrogens is 342 g/mol. The number of nitrogens with one attached hydrogen (secondary N) is 1. The van der Waals surface area contributed by atoms with Crippen molar-refractivity contribution in [3.63, 3.8) is 0 Å². The zero-order valence-electron chi connectivity index (χ0n) is 12.0. The predicted octanol–water partition coefficient (Wildman–Crippen LogP) is 4.36. The Kier molecular flexibility index (Phi) is 4.59. The lowest BCUT2D eigenvalue weighted by molar-refractivity contribution is 0.319. The van der Waals surface area contributed by atoms with E-state index in [4.69, 9.17) is 4.74 Å². The topological polar surface area (TPSA) is 42.1 Å². The number of halogens is 1. The molecule has 0 aliphatic rings. The van der Waals surface area contributed by atoms with Gasteiger partial charge >= 0.3 is 0 Å². The summed E-state index contributed by atoms with van der Waals surface area (Å²) in [4.78, 5) is 15.2. The number of hydrogen-bond acceptors (Lipinski definition) is 2. The Morgan fingerprint density at radius 1 is 1.05 bits per heavy atom. The molecule has 0 fully saturated rings. The van der Waals surface area contributed by atoms with Gasteiger partial charge in [-0.05, 0) is 41.6 Å². The molecule has 0 radical (unpaired) electrons. The highest BCUT2D eigenvalue weighted by atomic mass is 79.9. The van der Waals surface area contributed by atoms with Crippen LogP contribution in [0.3, 0.4) is 0 Å². The van der Waals surface area contributed by atoms with Crippen LogP contribution < -0.4 is 10.3 Å². The van der Waals surface area contributed by atoms with Crippen LogP contribution in [0, 0.1) is 0 Å². The molecule has 0 atom stereocenters. The minimum Gasteiger partial charge on any atom is -0.494 e. The highest BCUT2D eigenvalue weighted by molar-refractivity contribution is 9.09. The number of fused-ring (bicyclic) bond motifs is 1. The first-order valence-corrected chi connectivity index (χ1v) is 8.31. The van der Waals surface area contributed by atoms with Gasteiger partial charge in [-0.15, -0.1) is 0 Å². The molecular formula is C18H16BrNO2. The number of hydrogen-bond donors (Lipinski definition) is 1. The van der Waals surface area contributed by atoms with E-state index in [0.29, 0.717) is 12.2 Å². The molecule has 0 saturated heterocycles. The van der Waals surface area contributed by atoms with Gasteiger partial charge in [0.15, 0.2) is 0 Å². The van der Waals surface area contributed by atoms with Crippen molar-refractivity contribution in [1.82, 2.24) is 4.98 Å². The second kappa shape index (κ2) is 6.79. The van der Waals surface area contributed by atoms with Crippen molar-refractivity contribution >= 4 is 26.8 Å². The van der Waals surface area contributed by atoms with Crippen molar-refractivity contribution in [2.45, 2.75) is 6.42 Å². The monoisotopic (exact) mass is 357 g/mol. The van der Waals surface area contributed by atoms with Crippen LogP contribution in [0.1, 0.15) is 6.42 Å². The van der Waals surface area contributed by atoms with E-state index >= 15 is 0 Å². The van der Waals surface area contributed by atoms with E-state index in [1.54, 1.807) is 0 Å². The van der Waals surface area contributed by atoms with Crippen molar-refractivity contribution in [2.24, 2.45) is 0 Å². The summed E-state index contributed by atoms with van der Waals surface area (Å²) in [5.41, 5.74) is 2.28. The van der Waals surface area contributed by atoms with Crippen LogP contribution in [0.2, 0.25) is 0 Å². The summed E-state index contributed by atoms with van der Waals surface area (Å²) in [7, 11) is 0. The van der Waals surface area contributed by atoms with Crippen molar-refractivity contribution in [2.75, 3.05) is 11.9 Å². The number of aromatic amines is 1. The molecule has 1 N–H and O–H groups in total. The molecule has 1 heterocycles. The van der Waals surface area contributed by atoms with Gasteiger partial charge in [-0.3, -0.25) is 4.79 Å². The van der Waals surface area contributed by atoms with Gasteiger partial charge in [0, 0.05) is 16.4 Å². The first-order valence-electron chi connectivity index (χ1n) is 7.19. The van der Waals surface area contributed by atoms with Crippen LogP contribution in [-0.2, 0) is 0 Å².